The van der Waals surface area contributed by atoms with E-state index in [1.165, 1.54) is 5.01 Å². The molecule has 0 spiro atoms. The molecule has 0 amide bonds. The fraction of sp³-hybridized carbons (Fsp3) is 0.300. The zero-order chi connectivity index (χ0) is 10.3. The van der Waals surface area contributed by atoms with Crippen molar-refractivity contribution < 1.29 is 0 Å². The Kier molecular flexibility index (Phi) is 3.76. The molecule has 0 radical (unpaired) electrons. The van der Waals surface area contributed by atoms with Crippen LogP contribution in [0.4, 0.5) is 0 Å². The van der Waals surface area contributed by atoms with E-state index < -0.39 is 0 Å². The predicted molar refractivity (Wildman–Crippen MR) is 59.6 cm³/mol. The SMILES string of the molecule is c1ncc(CNCCc2nccs2)cn1. The van der Waals surface area contributed by atoms with Crippen molar-refractivity contribution in [2.75, 3.05) is 6.54 Å². The van der Waals surface area contributed by atoms with E-state index in [0.717, 1.165) is 25.1 Å². The van der Waals surface area contributed by atoms with Gasteiger partial charge in [0.05, 0.1) is 5.01 Å². The van der Waals surface area contributed by atoms with Crippen LogP contribution in [0.5, 0.6) is 0 Å². The molecule has 0 aliphatic rings. The molecule has 2 rings (SSSR count). The van der Waals surface area contributed by atoms with E-state index >= 15 is 0 Å². The molecule has 2 heterocycles. The maximum Gasteiger partial charge on any atom is 0.115 e. The molecule has 5 heteroatoms. The zero-order valence-corrected chi connectivity index (χ0v) is 9.07. The molecular formula is C10H12N4S. The Hall–Kier alpha value is -1.33. The van der Waals surface area contributed by atoms with Gasteiger partial charge < -0.3 is 5.32 Å². The van der Waals surface area contributed by atoms with E-state index in [4.69, 9.17) is 0 Å². The molecule has 0 fully saturated rings. The lowest BCUT2D eigenvalue weighted by molar-refractivity contribution is 0.681. The van der Waals surface area contributed by atoms with E-state index in [9.17, 15) is 0 Å². The van der Waals surface area contributed by atoms with Crippen molar-refractivity contribution in [2.24, 2.45) is 0 Å². The highest BCUT2D eigenvalue weighted by atomic mass is 32.1. The molecule has 0 aromatic carbocycles. The summed E-state index contributed by atoms with van der Waals surface area (Å²) in [6.45, 7) is 1.74. The molecule has 4 nitrogen and oxygen atoms in total. The normalized spacial score (nSPS) is 10.4. The molecule has 0 saturated heterocycles. The Bertz CT molecular complexity index is 374. The highest BCUT2D eigenvalue weighted by molar-refractivity contribution is 7.09. The third kappa shape index (κ3) is 3.38. The van der Waals surface area contributed by atoms with Crippen molar-refractivity contribution in [3.63, 3.8) is 0 Å². The number of rotatable bonds is 5. The van der Waals surface area contributed by atoms with Gasteiger partial charge in [0.15, 0.2) is 0 Å². The molecule has 1 N–H and O–H groups in total. The summed E-state index contributed by atoms with van der Waals surface area (Å²) in [6, 6.07) is 0. The van der Waals surface area contributed by atoms with Gasteiger partial charge in [-0.3, -0.25) is 0 Å². The van der Waals surface area contributed by atoms with Crippen molar-refractivity contribution >= 4 is 11.3 Å². The topological polar surface area (TPSA) is 50.7 Å². The van der Waals surface area contributed by atoms with E-state index in [0.29, 0.717) is 0 Å². The highest BCUT2D eigenvalue weighted by Gasteiger charge is 1.95. The van der Waals surface area contributed by atoms with Crippen LogP contribution < -0.4 is 5.32 Å². The van der Waals surface area contributed by atoms with E-state index in [1.807, 2.05) is 24.0 Å². The fourth-order valence-corrected chi connectivity index (χ4v) is 1.85. The minimum absolute atomic E-state index is 0.812. The summed E-state index contributed by atoms with van der Waals surface area (Å²) >= 11 is 1.69. The van der Waals surface area contributed by atoms with Gasteiger partial charge in [-0.15, -0.1) is 11.3 Å². The lowest BCUT2D eigenvalue weighted by Crippen LogP contribution is -2.16. The summed E-state index contributed by atoms with van der Waals surface area (Å²) in [6.07, 6.45) is 8.00. The van der Waals surface area contributed by atoms with Crippen LogP contribution >= 0.6 is 11.3 Å². The summed E-state index contributed by atoms with van der Waals surface area (Å²) < 4.78 is 0. The number of nitrogens with one attached hydrogen (secondary N) is 1. The van der Waals surface area contributed by atoms with Crippen molar-refractivity contribution in [2.45, 2.75) is 13.0 Å². The van der Waals surface area contributed by atoms with Crippen LogP contribution in [0.1, 0.15) is 10.6 Å². The average Bonchev–Trinajstić information content (AvgIpc) is 2.79. The van der Waals surface area contributed by atoms with E-state index in [2.05, 4.69) is 20.3 Å². The highest BCUT2D eigenvalue weighted by Crippen LogP contribution is 2.03. The van der Waals surface area contributed by atoms with Gasteiger partial charge in [0.1, 0.15) is 6.33 Å². The number of thiazole rings is 1. The zero-order valence-electron chi connectivity index (χ0n) is 8.26. The summed E-state index contributed by atoms with van der Waals surface area (Å²) in [5, 5.41) is 6.50. The second-order valence-corrected chi connectivity index (χ2v) is 4.08. The maximum absolute atomic E-state index is 4.21. The van der Waals surface area contributed by atoms with Gasteiger partial charge in [-0.25, -0.2) is 15.0 Å². The monoisotopic (exact) mass is 220 g/mol. The molecule has 0 aliphatic carbocycles. The smallest absolute Gasteiger partial charge is 0.115 e. The van der Waals surface area contributed by atoms with Gasteiger partial charge in [-0.2, -0.15) is 0 Å². The first kappa shape index (κ1) is 10.2. The van der Waals surface area contributed by atoms with E-state index in [-0.39, 0.29) is 0 Å². The van der Waals surface area contributed by atoms with Gasteiger partial charge in [0, 0.05) is 49.0 Å². The predicted octanol–water partition coefficient (Wildman–Crippen LogP) is 1.27. The first-order chi connectivity index (χ1) is 7.45. The minimum atomic E-state index is 0.812. The first-order valence-electron chi connectivity index (χ1n) is 4.78. The lowest BCUT2D eigenvalue weighted by atomic mass is 10.3. The molecule has 78 valence electrons. The summed E-state index contributed by atoms with van der Waals surface area (Å²) in [5.41, 5.74) is 1.11. The van der Waals surface area contributed by atoms with Crippen LogP contribution in [-0.2, 0) is 13.0 Å². The maximum atomic E-state index is 4.21. The number of hydrogen-bond acceptors (Lipinski definition) is 5. The molecular weight excluding hydrogens is 208 g/mol. The third-order valence-electron chi connectivity index (χ3n) is 1.94. The second-order valence-electron chi connectivity index (χ2n) is 3.10. The fourth-order valence-electron chi connectivity index (χ4n) is 1.23. The van der Waals surface area contributed by atoms with Crippen molar-refractivity contribution in [1.82, 2.24) is 20.3 Å². The van der Waals surface area contributed by atoms with Gasteiger partial charge in [0.2, 0.25) is 0 Å². The van der Waals surface area contributed by atoms with Gasteiger partial charge in [-0.05, 0) is 0 Å². The Morgan fingerprint density at radius 2 is 2.13 bits per heavy atom. The van der Waals surface area contributed by atoms with Crippen LogP contribution in [0.15, 0.2) is 30.3 Å². The number of nitrogens with zero attached hydrogens (tertiary/aromatic N) is 3. The largest absolute Gasteiger partial charge is 0.312 e. The first-order valence-corrected chi connectivity index (χ1v) is 5.66. The molecule has 2 aromatic rings. The molecule has 0 aliphatic heterocycles. The third-order valence-corrected chi connectivity index (χ3v) is 2.78. The molecule has 15 heavy (non-hydrogen) atoms. The molecule has 0 bridgehead atoms. The molecule has 2 aromatic heterocycles. The average molecular weight is 220 g/mol. The van der Waals surface area contributed by atoms with Gasteiger partial charge >= 0.3 is 0 Å². The van der Waals surface area contributed by atoms with Crippen LogP contribution in [0.2, 0.25) is 0 Å². The minimum Gasteiger partial charge on any atom is -0.312 e. The van der Waals surface area contributed by atoms with Gasteiger partial charge in [0.25, 0.3) is 0 Å². The molecule has 0 saturated carbocycles. The Morgan fingerprint density at radius 3 is 2.87 bits per heavy atom. The quantitative estimate of drug-likeness (QED) is 0.771. The molecule has 0 unspecified atom stereocenters. The lowest BCUT2D eigenvalue weighted by Gasteiger charge is -2.01. The van der Waals surface area contributed by atoms with Crippen molar-refractivity contribution in [3.05, 3.63) is 40.9 Å². The standard InChI is InChI=1S/C10H12N4S/c1(10-14-3-4-15-10)2-11-5-9-6-12-8-13-7-9/h3-4,6-8,11H,1-2,5H2. The summed E-state index contributed by atoms with van der Waals surface area (Å²) in [7, 11) is 0. The van der Waals surface area contributed by atoms with Crippen molar-refractivity contribution in [1.29, 1.82) is 0 Å². The van der Waals surface area contributed by atoms with Crippen LogP contribution in [0, 0.1) is 0 Å². The Labute approximate surface area is 92.4 Å². The van der Waals surface area contributed by atoms with Crippen molar-refractivity contribution in [3.8, 4) is 0 Å². The van der Waals surface area contributed by atoms with Crippen LogP contribution in [0.3, 0.4) is 0 Å². The number of aromatic nitrogens is 3. The number of hydrogen-bond donors (Lipinski definition) is 1. The molecule has 0 atom stereocenters. The summed E-state index contributed by atoms with van der Waals surface area (Å²) in [4.78, 5) is 12.1. The summed E-state index contributed by atoms with van der Waals surface area (Å²) in [5.74, 6) is 0. The second kappa shape index (κ2) is 5.53. The Morgan fingerprint density at radius 1 is 1.27 bits per heavy atom. The van der Waals surface area contributed by atoms with E-state index in [1.54, 1.807) is 17.7 Å². The van der Waals surface area contributed by atoms with Crippen LogP contribution in [-0.4, -0.2) is 21.5 Å². The Balaban J connectivity index is 1.68. The van der Waals surface area contributed by atoms with Gasteiger partial charge in [-0.1, -0.05) is 0 Å². The van der Waals surface area contributed by atoms with Crippen LogP contribution in [0.25, 0.3) is 0 Å².